The molecular formula is C14H33NO2. The van der Waals surface area contributed by atoms with Gasteiger partial charge in [-0.25, -0.2) is 0 Å². The van der Waals surface area contributed by atoms with Gasteiger partial charge in [-0.15, -0.1) is 0 Å². The number of ether oxygens (including phenoxy) is 1. The number of aliphatic hydroxyl groups excluding tert-OH is 1. The van der Waals surface area contributed by atoms with Gasteiger partial charge in [0.25, 0.3) is 0 Å². The highest BCUT2D eigenvalue weighted by molar-refractivity contribution is 4.81. The summed E-state index contributed by atoms with van der Waals surface area (Å²) >= 11 is 0. The average molecular weight is 247 g/mol. The molecule has 1 heterocycles. The molecule has 1 fully saturated rings. The van der Waals surface area contributed by atoms with Gasteiger partial charge in [0, 0.05) is 20.3 Å². The monoisotopic (exact) mass is 247 g/mol. The zero-order valence-corrected chi connectivity index (χ0v) is 12.8. The van der Waals surface area contributed by atoms with Gasteiger partial charge in [0.2, 0.25) is 0 Å². The van der Waals surface area contributed by atoms with Crippen LogP contribution < -0.4 is 0 Å². The van der Waals surface area contributed by atoms with Crippen LogP contribution in [-0.4, -0.2) is 50.0 Å². The van der Waals surface area contributed by atoms with Crippen molar-refractivity contribution in [2.45, 2.75) is 47.5 Å². The molecule has 0 radical (unpaired) electrons. The Kier molecular flexibility index (Phi) is 14.0. The van der Waals surface area contributed by atoms with Crippen LogP contribution in [0.5, 0.6) is 0 Å². The van der Waals surface area contributed by atoms with Gasteiger partial charge in [0.15, 0.2) is 0 Å². The summed E-state index contributed by atoms with van der Waals surface area (Å²) in [6.07, 6.45) is 2.21. The number of nitrogens with zero attached hydrogens (tertiary/aromatic N) is 1. The summed E-state index contributed by atoms with van der Waals surface area (Å²) in [5.41, 5.74) is 0.170. The van der Waals surface area contributed by atoms with Crippen molar-refractivity contribution >= 4 is 0 Å². The lowest BCUT2D eigenvalue weighted by molar-refractivity contribution is 0.0469. The van der Waals surface area contributed by atoms with Crippen LogP contribution in [0, 0.1) is 5.41 Å². The van der Waals surface area contributed by atoms with E-state index in [0.29, 0.717) is 6.61 Å². The van der Waals surface area contributed by atoms with Crippen molar-refractivity contribution in [2.75, 3.05) is 40.0 Å². The average Bonchev–Trinajstić information content (AvgIpc) is 2.43. The van der Waals surface area contributed by atoms with Crippen LogP contribution in [0.2, 0.25) is 0 Å². The Labute approximate surface area is 108 Å². The van der Waals surface area contributed by atoms with Gasteiger partial charge in [-0.3, -0.25) is 0 Å². The third kappa shape index (κ3) is 8.58. The Morgan fingerprint density at radius 2 is 1.59 bits per heavy atom. The number of hydrogen-bond acceptors (Lipinski definition) is 3. The van der Waals surface area contributed by atoms with Gasteiger partial charge < -0.3 is 14.7 Å². The third-order valence-corrected chi connectivity index (χ3v) is 3.06. The molecule has 0 aliphatic carbocycles. The summed E-state index contributed by atoms with van der Waals surface area (Å²) in [4.78, 5) is 2.40. The van der Waals surface area contributed by atoms with E-state index in [9.17, 15) is 0 Å². The maximum atomic E-state index is 9.17. The van der Waals surface area contributed by atoms with Crippen LogP contribution in [0.4, 0.5) is 0 Å². The van der Waals surface area contributed by atoms with Gasteiger partial charge in [-0.1, -0.05) is 34.6 Å². The summed E-state index contributed by atoms with van der Waals surface area (Å²) in [6.45, 7) is 14.5. The first-order chi connectivity index (χ1) is 8.20. The molecule has 0 spiro atoms. The fraction of sp³-hybridized carbons (Fsp3) is 1.00. The normalized spacial score (nSPS) is 18.5. The second-order valence-corrected chi connectivity index (χ2v) is 4.30. The highest BCUT2D eigenvalue weighted by Gasteiger charge is 2.28. The highest BCUT2D eigenvalue weighted by atomic mass is 16.5. The number of likely N-dealkylation sites (tertiary alicyclic amines) is 1. The second-order valence-electron chi connectivity index (χ2n) is 4.30. The van der Waals surface area contributed by atoms with E-state index in [1.807, 2.05) is 27.7 Å². The van der Waals surface area contributed by atoms with Crippen LogP contribution in [0.3, 0.4) is 0 Å². The van der Waals surface area contributed by atoms with Crippen molar-refractivity contribution in [3.63, 3.8) is 0 Å². The minimum atomic E-state index is 0.170. The molecule has 0 aromatic carbocycles. The van der Waals surface area contributed by atoms with Gasteiger partial charge in [-0.05, 0) is 31.3 Å². The van der Waals surface area contributed by atoms with Gasteiger partial charge in [0.1, 0.15) is 0 Å². The second kappa shape index (κ2) is 12.3. The molecule has 1 rings (SSSR count). The van der Waals surface area contributed by atoms with E-state index >= 15 is 0 Å². The summed E-state index contributed by atoms with van der Waals surface area (Å²) in [5.74, 6) is 0. The lowest BCUT2D eigenvalue weighted by Gasteiger charge is -2.38. The summed E-state index contributed by atoms with van der Waals surface area (Å²) in [5, 5.41) is 9.17. The molecule has 0 unspecified atom stereocenters. The van der Waals surface area contributed by atoms with E-state index in [2.05, 4.69) is 11.8 Å². The molecule has 106 valence electrons. The molecule has 0 saturated carbocycles. The largest absolute Gasteiger partial charge is 0.396 e. The molecule has 0 bridgehead atoms. The van der Waals surface area contributed by atoms with Gasteiger partial charge >= 0.3 is 0 Å². The van der Waals surface area contributed by atoms with Crippen molar-refractivity contribution < 1.29 is 9.84 Å². The predicted octanol–water partition coefficient (Wildman–Crippen LogP) is 2.78. The minimum absolute atomic E-state index is 0.170. The molecule has 1 saturated heterocycles. The smallest absolute Gasteiger partial charge is 0.0589 e. The molecule has 1 aliphatic heterocycles. The molecule has 0 amide bonds. The molecular weight excluding hydrogens is 214 g/mol. The first kappa shape index (κ1) is 19.2. The fourth-order valence-corrected chi connectivity index (χ4v) is 1.69. The number of rotatable bonds is 4. The highest BCUT2D eigenvalue weighted by Crippen LogP contribution is 2.29. The van der Waals surface area contributed by atoms with Crippen molar-refractivity contribution in [3.05, 3.63) is 0 Å². The lowest BCUT2D eigenvalue weighted by Crippen LogP contribution is -2.41. The molecule has 3 heteroatoms. The number of hydrogen-bond donors (Lipinski definition) is 1. The number of methoxy groups -OCH3 is 1. The molecule has 0 aromatic rings. The fourth-order valence-electron chi connectivity index (χ4n) is 1.69. The number of aliphatic hydroxyl groups is 1. The molecule has 17 heavy (non-hydrogen) atoms. The first-order valence-electron chi connectivity index (χ1n) is 7.02. The van der Waals surface area contributed by atoms with Crippen LogP contribution in [0.1, 0.15) is 47.5 Å². The molecule has 0 aromatic heterocycles. The van der Waals surface area contributed by atoms with Crippen LogP contribution in [0.25, 0.3) is 0 Å². The summed E-state index contributed by atoms with van der Waals surface area (Å²) < 4.78 is 5.03. The summed E-state index contributed by atoms with van der Waals surface area (Å²) in [6, 6.07) is 0. The van der Waals surface area contributed by atoms with E-state index in [1.54, 1.807) is 7.11 Å². The minimum Gasteiger partial charge on any atom is -0.396 e. The van der Waals surface area contributed by atoms with Crippen molar-refractivity contribution in [1.82, 2.24) is 4.90 Å². The maximum absolute atomic E-state index is 9.17. The Bertz CT molecular complexity index is 143. The van der Waals surface area contributed by atoms with E-state index in [1.165, 1.54) is 0 Å². The zero-order valence-electron chi connectivity index (χ0n) is 12.8. The third-order valence-electron chi connectivity index (χ3n) is 3.06. The topological polar surface area (TPSA) is 32.7 Å². The molecule has 1 N–H and O–H groups in total. The zero-order chi connectivity index (χ0) is 13.7. The van der Waals surface area contributed by atoms with Crippen LogP contribution in [0.15, 0.2) is 0 Å². The lowest BCUT2D eigenvalue weighted by atomic mass is 9.81. The van der Waals surface area contributed by atoms with E-state index in [0.717, 1.165) is 39.1 Å². The SMILES string of the molecule is CC.CC.COCCN1CCC(C)(CO)CC1. The molecule has 0 atom stereocenters. The molecule has 1 aliphatic rings. The molecule has 3 nitrogen and oxygen atoms in total. The van der Waals surface area contributed by atoms with Gasteiger partial charge in [0.05, 0.1) is 6.61 Å². The van der Waals surface area contributed by atoms with Crippen LogP contribution in [-0.2, 0) is 4.74 Å². The van der Waals surface area contributed by atoms with E-state index < -0.39 is 0 Å². The van der Waals surface area contributed by atoms with Crippen molar-refractivity contribution in [2.24, 2.45) is 5.41 Å². The summed E-state index contributed by atoms with van der Waals surface area (Å²) in [7, 11) is 1.74. The standard InChI is InChI=1S/C10H21NO2.2C2H6/c1-10(9-12)3-5-11(6-4-10)7-8-13-2;2*1-2/h12H,3-9H2,1-2H3;2*1-2H3. The van der Waals surface area contributed by atoms with Crippen molar-refractivity contribution in [1.29, 1.82) is 0 Å². The first-order valence-corrected chi connectivity index (χ1v) is 7.02. The van der Waals surface area contributed by atoms with E-state index in [4.69, 9.17) is 9.84 Å². The number of piperidine rings is 1. The van der Waals surface area contributed by atoms with Crippen LogP contribution >= 0.6 is 0 Å². The van der Waals surface area contributed by atoms with Crippen molar-refractivity contribution in [3.8, 4) is 0 Å². The Hall–Kier alpha value is -0.120. The quantitative estimate of drug-likeness (QED) is 0.829. The van der Waals surface area contributed by atoms with Gasteiger partial charge in [-0.2, -0.15) is 0 Å². The Morgan fingerprint density at radius 3 is 1.94 bits per heavy atom. The Morgan fingerprint density at radius 1 is 1.12 bits per heavy atom. The van der Waals surface area contributed by atoms with E-state index in [-0.39, 0.29) is 5.41 Å². The Balaban J connectivity index is 0. The maximum Gasteiger partial charge on any atom is 0.0589 e. The predicted molar refractivity (Wildman–Crippen MR) is 75.4 cm³/mol.